The number of nitrogens with one attached hydrogen (secondary N) is 1. The molecular formula is C17H28N2OS. The molecule has 1 aromatic rings. The molecule has 1 aromatic heterocycles. The van der Waals surface area contributed by atoms with E-state index in [0.717, 1.165) is 32.8 Å². The molecule has 2 atom stereocenters. The number of hydrogen-bond donors (Lipinski definition) is 1. The largest absolute Gasteiger partial charge is 0.375 e. The summed E-state index contributed by atoms with van der Waals surface area (Å²) in [6, 6.07) is 3.09. The smallest absolute Gasteiger partial charge is 0.0731 e. The van der Waals surface area contributed by atoms with Gasteiger partial charge in [0.1, 0.15) is 0 Å². The van der Waals surface area contributed by atoms with Crippen LogP contribution in [0, 0.1) is 6.92 Å². The van der Waals surface area contributed by atoms with Crippen LogP contribution in [0.2, 0.25) is 0 Å². The van der Waals surface area contributed by atoms with Crippen LogP contribution in [-0.2, 0) is 17.8 Å². The number of morpholine rings is 1. The van der Waals surface area contributed by atoms with Crippen molar-refractivity contribution in [1.29, 1.82) is 0 Å². The lowest BCUT2D eigenvalue weighted by Crippen LogP contribution is -2.47. The van der Waals surface area contributed by atoms with Crippen LogP contribution in [-0.4, -0.2) is 36.7 Å². The standard InChI is InChI=1S/C17H28N2OS/c1-3-7-18-11-15-10-14(13(2)21-15)12-19-8-9-20-17-6-4-5-16(17)19/h10,16-18H,3-9,11-12H2,1-2H3. The van der Waals surface area contributed by atoms with Crippen LogP contribution in [0.3, 0.4) is 0 Å². The molecule has 1 aliphatic heterocycles. The lowest BCUT2D eigenvalue weighted by atomic mass is 10.1. The Hall–Kier alpha value is -0.420. The van der Waals surface area contributed by atoms with Crippen LogP contribution in [0.5, 0.6) is 0 Å². The highest BCUT2D eigenvalue weighted by Crippen LogP contribution is 2.32. The first-order valence-electron chi connectivity index (χ1n) is 8.42. The summed E-state index contributed by atoms with van der Waals surface area (Å²) in [4.78, 5) is 5.64. The molecule has 118 valence electrons. The Balaban J connectivity index is 1.61. The molecule has 0 spiro atoms. The maximum absolute atomic E-state index is 5.92. The molecule has 2 heterocycles. The molecule has 0 radical (unpaired) electrons. The molecule has 1 saturated carbocycles. The monoisotopic (exact) mass is 308 g/mol. The molecule has 0 aromatic carbocycles. The van der Waals surface area contributed by atoms with Crippen LogP contribution in [0.15, 0.2) is 6.07 Å². The van der Waals surface area contributed by atoms with Crippen LogP contribution in [0.4, 0.5) is 0 Å². The van der Waals surface area contributed by atoms with E-state index in [9.17, 15) is 0 Å². The zero-order chi connectivity index (χ0) is 14.7. The second-order valence-electron chi connectivity index (χ2n) is 6.35. The van der Waals surface area contributed by atoms with Crippen molar-refractivity contribution in [2.24, 2.45) is 0 Å². The quantitative estimate of drug-likeness (QED) is 0.816. The minimum absolute atomic E-state index is 0.503. The van der Waals surface area contributed by atoms with Gasteiger partial charge in [-0.05, 0) is 50.8 Å². The zero-order valence-corrected chi connectivity index (χ0v) is 14.2. The fraction of sp³-hybridized carbons (Fsp3) is 0.765. The molecule has 4 heteroatoms. The second kappa shape index (κ2) is 7.23. The molecule has 2 unspecified atom stereocenters. The van der Waals surface area contributed by atoms with Gasteiger partial charge in [-0.1, -0.05) is 6.92 Å². The summed E-state index contributed by atoms with van der Waals surface area (Å²) in [5.41, 5.74) is 1.53. The Morgan fingerprint density at radius 1 is 1.43 bits per heavy atom. The van der Waals surface area contributed by atoms with Crippen molar-refractivity contribution in [3.8, 4) is 0 Å². The number of nitrogens with zero attached hydrogens (tertiary/aromatic N) is 1. The molecule has 0 amide bonds. The highest BCUT2D eigenvalue weighted by Gasteiger charge is 2.36. The lowest BCUT2D eigenvalue weighted by Gasteiger charge is -2.37. The third kappa shape index (κ3) is 3.67. The maximum atomic E-state index is 5.92. The Labute approximate surface area is 132 Å². The van der Waals surface area contributed by atoms with Crippen molar-refractivity contribution in [2.75, 3.05) is 19.7 Å². The van der Waals surface area contributed by atoms with Crippen LogP contribution >= 0.6 is 11.3 Å². The first kappa shape index (κ1) is 15.5. The van der Waals surface area contributed by atoms with Crippen molar-refractivity contribution in [3.05, 3.63) is 21.4 Å². The second-order valence-corrected chi connectivity index (χ2v) is 7.69. The van der Waals surface area contributed by atoms with Gasteiger partial charge in [0.2, 0.25) is 0 Å². The number of aryl methyl sites for hydroxylation is 1. The molecule has 1 N–H and O–H groups in total. The minimum Gasteiger partial charge on any atom is -0.375 e. The molecule has 21 heavy (non-hydrogen) atoms. The first-order chi connectivity index (χ1) is 10.3. The summed E-state index contributed by atoms with van der Waals surface area (Å²) >= 11 is 1.96. The Morgan fingerprint density at radius 2 is 2.33 bits per heavy atom. The molecule has 1 aliphatic carbocycles. The van der Waals surface area contributed by atoms with E-state index in [1.807, 2.05) is 11.3 Å². The van der Waals surface area contributed by atoms with E-state index < -0.39 is 0 Å². The molecule has 3 rings (SSSR count). The van der Waals surface area contributed by atoms with Gasteiger partial charge in [-0.25, -0.2) is 0 Å². The van der Waals surface area contributed by atoms with Crippen LogP contribution < -0.4 is 5.32 Å². The molecule has 3 nitrogen and oxygen atoms in total. The summed E-state index contributed by atoms with van der Waals surface area (Å²) in [5, 5.41) is 3.51. The van der Waals surface area contributed by atoms with E-state index in [-0.39, 0.29) is 0 Å². The van der Waals surface area contributed by atoms with Crippen LogP contribution in [0.25, 0.3) is 0 Å². The zero-order valence-electron chi connectivity index (χ0n) is 13.4. The summed E-state index contributed by atoms with van der Waals surface area (Å²) in [6.45, 7) is 9.74. The van der Waals surface area contributed by atoms with E-state index >= 15 is 0 Å². The van der Waals surface area contributed by atoms with Crippen molar-refractivity contribution >= 4 is 11.3 Å². The van der Waals surface area contributed by atoms with E-state index in [1.165, 1.54) is 41.0 Å². The third-order valence-corrected chi connectivity index (χ3v) is 5.86. The van der Waals surface area contributed by atoms with Crippen molar-refractivity contribution < 1.29 is 4.74 Å². The topological polar surface area (TPSA) is 24.5 Å². The SMILES string of the molecule is CCCNCc1cc(CN2CCOC3CCCC32)c(C)s1. The van der Waals surface area contributed by atoms with Gasteiger partial charge < -0.3 is 10.1 Å². The summed E-state index contributed by atoms with van der Waals surface area (Å²) in [6.07, 6.45) is 5.62. The summed E-state index contributed by atoms with van der Waals surface area (Å²) < 4.78 is 5.92. The molecule has 1 saturated heterocycles. The summed E-state index contributed by atoms with van der Waals surface area (Å²) in [5.74, 6) is 0. The fourth-order valence-electron chi connectivity index (χ4n) is 3.64. The average Bonchev–Trinajstić information content (AvgIpc) is 3.07. The highest BCUT2D eigenvalue weighted by atomic mass is 32.1. The van der Waals surface area contributed by atoms with Gasteiger partial charge in [-0.15, -0.1) is 11.3 Å². The predicted octanol–water partition coefficient (Wildman–Crippen LogP) is 3.31. The Bertz CT molecular complexity index is 460. The van der Waals surface area contributed by atoms with Crippen molar-refractivity contribution in [1.82, 2.24) is 10.2 Å². The first-order valence-corrected chi connectivity index (χ1v) is 9.24. The average molecular weight is 308 g/mol. The van der Waals surface area contributed by atoms with E-state index in [1.54, 1.807) is 0 Å². The number of fused-ring (bicyclic) bond motifs is 1. The van der Waals surface area contributed by atoms with Gasteiger partial charge in [-0.2, -0.15) is 0 Å². The third-order valence-electron chi connectivity index (χ3n) is 4.77. The van der Waals surface area contributed by atoms with Gasteiger partial charge >= 0.3 is 0 Å². The fourth-order valence-corrected chi connectivity index (χ4v) is 4.66. The van der Waals surface area contributed by atoms with Crippen molar-refractivity contribution in [3.63, 3.8) is 0 Å². The molecule has 2 fully saturated rings. The highest BCUT2D eigenvalue weighted by molar-refractivity contribution is 7.12. The Kier molecular flexibility index (Phi) is 5.33. The lowest BCUT2D eigenvalue weighted by molar-refractivity contribution is -0.0588. The van der Waals surface area contributed by atoms with Gasteiger partial charge in [0.15, 0.2) is 0 Å². The molecule has 2 aliphatic rings. The van der Waals surface area contributed by atoms with Crippen LogP contribution in [0.1, 0.15) is 47.9 Å². The minimum atomic E-state index is 0.503. The molecular weight excluding hydrogens is 280 g/mol. The van der Waals surface area contributed by atoms with Gasteiger partial charge in [0.05, 0.1) is 12.7 Å². The van der Waals surface area contributed by atoms with Gasteiger partial charge in [0, 0.05) is 35.4 Å². The number of thiophene rings is 1. The van der Waals surface area contributed by atoms with Crippen molar-refractivity contribution in [2.45, 2.75) is 64.8 Å². The van der Waals surface area contributed by atoms with Gasteiger partial charge in [0.25, 0.3) is 0 Å². The Morgan fingerprint density at radius 3 is 3.19 bits per heavy atom. The summed E-state index contributed by atoms with van der Waals surface area (Å²) in [7, 11) is 0. The number of hydrogen-bond acceptors (Lipinski definition) is 4. The maximum Gasteiger partial charge on any atom is 0.0731 e. The number of rotatable bonds is 6. The van der Waals surface area contributed by atoms with E-state index in [0.29, 0.717) is 12.1 Å². The van der Waals surface area contributed by atoms with E-state index in [4.69, 9.17) is 4.74 Å². The van der Waals surface area contributed by atoms with Gasteiger partial charge in [-0.3, -0.25) is 4.90 Å². The molecule has 0 bridgehead atoms. The predicted molar refractivity (Wildman–Crippen MR) is 88.8 cm³/mol. The van der Waals surface area contributed by atoms with E-state index in [2.05, 4.69) is 30.1 Å². The number of ether oxygens (including phenoxy) is 1. The normalized spacial score (nSPS) is 26.2.